The Morgan fingerprint density at radius 2 is 1.87 bits per heavy atom. The van der Waals surface area contributed by atoms with Crippen LogP contribution in [0, 0.1) is 5.82 Å². The number of halogens is 1. The maximum absolute atomic E-state index is 13.6. The normalized spacial score (nSPS) is 17.5. The zero-order valence-corrected chi connectivity index (χ0v) is 17.7. The summed E-state index contributed by atoms with van der Waals surface area (Å²) in [6, 6.07) is 6.29. The van der Waals surface area contributed by atoms with Crippen molar-refractivity contribution < 1.29 is 4.39 Å². The second-order valence-electron chi connectivity index (χ2n) is 8.22. The Bertz CT molecular complexity index is 1140. The minimum atomic E-state index is -0.278. The first-order valence-corrected chi connectivity index (χ1v) is 11.6. The number of anilines is 1. The molecule has 0 spiro atoms. The minimum absolute atomic E-state index is 0.0748. The van der Waals surface area contributed by atoms with E-state index in [1.165, 1.54) is 35.4 Å². The van der Waals surface area contributed by atoms with Gasteiger partial charge in [-0.1, -0.05) is 31.4 Å². The fraction of sp³-hybridized carbons (Fsp3) is 0.435. The van der Waals surface area contributed by atoms with Gasteiger partial charge >= 0.3 is 0 Å². The highest BCUT2D eigenvalue weighted by Gasteiger charge is 2.26. The molecule has 5 rings (SSSR count). The fourth-order valence-electron chi connectivity index (χ4n) is 4.69. The van der Waals surface area contributed by atoms with Crippen molar-refractivity contribution in [2.75, 3.05) is 5.43 Å². The lowest BCUT2D eigenvalue weighted by Crippen LogP contribution is -2.29. The summed E-state index contributed by atoms with van der Waals surface area (Å²) in [6.45, 7) is 0. The Balaban J connectivity index is 1.56. The molecule has 0 atom stereocenters. The third kappa shape index (κ3) is 3.67. The van der Waals surface area contributed by atoms with Crippen LogP contribution in [0.4, 0.5) is 10.3 Å². The molecule has 5 nitrogen and oxygen atoms in total. The van der Waals surface area contributed by atoms with Crippen molar-refractivity contribution in [2.24, 2.45) is 5.10 Å². The van der Waals surface area contributed by atoms with Crippen molar-refractivity contribution >= 4 is 33.7 Å². The molecule has 3 aromatic rings. The number of thiophene rings is 1. The van der Waals surface area contributed by atoms with E-state index in [9.17, 15) is 9.18 Å². The van der Waals surface area contributed by atoms with Gasteiger partial charge in [0.25, 0.3) is 5.56 Å². The van der Waals surface area contributed by atoms with Crippen molar-refractivity contribution in [3.05, 3.63) is 56.4 Å². The van der Waals surface area contributed by atoms with Crippen LogP contribution in [0.5, 0.6) is 0 Å². The average molecular weight is 425 g/mol. The highest BCUT2D eigenvalue weighted by molar-refractivity contribution is 7.18. The molecule has 1 aromatic carbocycles. The maximum Gasteiger partial charge on any atom is 0.264 e. The molecule has 0 saturated heterocycles. The summed E-state index contributed by atoms with van der Waals surface area (Å²) >= 11 is 1.66. The first-order valence-electron chi connectivity index (χ1n) is 10.8. The summed E-state index contributed by atoms with van der Waals surface area (Å²) in [6.07, 6.45) is 11.5. The van der Waals surface area contributed by atoms with Crippen molar-refractivity contribution in [1.29, 1.82) is 0 Å². The topological polar surface area (TPSA) is 59.3 Å². The molecule has 2 aliphatic carbocycles. The zero-order valence-electron chi connectivity index (χ0n) is 16.9. The van der Waals surface area contributed by atoms with E-state index in [0.717, 1.165) is 60.7 Å². The van der Waals surface area contributed by atoms with Crippen molar-refractivity contribution in [1.82, 2.24) is 9.55 Å². The number of rotatable bonds is 4. The van der Waals surface area contributed by atoms with Gasteiger partial charge in [-0.3, -0.25) is 9.36 Å². The summed E-state index contributed by atoms with van der Waals surface area (Å²) in [4.78, 5) is 20.6. The molecule has 2 heterocycles. The molecule has 0 amide bonds. The molecular weight excluding hydrogens is 399 g/mol. The summed E-state index contributed by atoms with van der Waals surface area (Å²) < 4.78 is 15.0. The molecule has 156 valence electrons. The minimum Gasteiger partial charge on any atom is -0.274 e. The highest BCUT2D eigenvalue weighted by atomic mass is 32.1. The summed E-state index contributed by atoms with van der Waals surface area (Å²) in [5.74, 6) is 0.233. The van der Waals surface area contributed by atoms with Crippen LogP contribution >= 0.6 is 11.3 Å². The lowest BCUT2D eigenvalue weighted by atomic mass is 9.94. The standard InChI is InChI=1S/C23H25FN4OS/c24-16-12-10-15(11-13-16)14-25-27-23-26-21-20(18-8-4-5-9-19(18)30-21)22(29)28(23)17-6-2-1-3-7-17/h10-14,17H,1-9H2,(H,26,27)/b25-14-. The van der Waals surface area contributed by atoms with E-state index >= 15 is 0 Å². The summed E-state index contributed by atoms with van der Waals surface area (Å²) in [7, 11) is 0. The number of nitrogens with one attached hydrogen (secondary N) is 1. The molecule has 0 aliphatic heterocycles. The quantitative estimate of drug-likeness (QED) is 0.449. The number of nitrogens with zero attached hydrogens (tertiary/aromatic N) is 3. The van der Waals surface area contributed by atoms with E-state index in [-0.39, 0.29) is 17.4 Å². The number of aryl methyl sites for hydroxylation is 2. The largest absolute Gasteiger partial charge is 0.274 e. The third-order valence-corrected chi connectivity index (χ3v) is 7.39. The smallest absolute Gasteiger partial charge is 0.264 e. The second kappa shape index (κ2) is 8.30. The first-order chi connectivity index (χ1) is 14.7. The SMILES string of the molecule is O=c1c2c3c(sc2nc(N/N=C\c2ccc(F)cc2)n1C1CCCCC1)CCCC3. The van der Waals surface area contributed by atoms with Gasteiger partial charge in [0.2, 0.25) is 5.95 Å². The van der Waals surface area contributed by atoms with Gasteiger partial charge < -0.3 is 0 Å². The van der Waals surface area contributed by atoms with E-state index in [2.05, 4.69) is 10.5 Å². The molecule has 7 heteroatoms. The van der Waals surface area contributed by atoms with Crippen LogP contribution in [0.2, 0.25) is 0 Å². The fourth-order valence-corrected chi connectivity index (χ4v) is 5.94. The molecule has 0 bridgehead atoms. The van der Waals surface area contributed by atoms with Gasteiger partial charge in [0.05, 0.1) is 11.6 Å². The first kappa shape index (κ1) is 19.4. The van der Waals surface area contributed by atoms with Crippen LogP contribution < -0.4 is 11.0 Å². The highest BCUT2D eigenvalue weighted by Crippen LogP contribution is 2.36. The van der Waals surface area contributed by atoms with Crippen LogP contribution in [0.25, 0.3) is 10.2 Å². The van der Waals surface area contributed by atoms with E-state index in [1.54, 1.807) is 29.7 Å². The van der Waals surface area contributed by atoms with E-state index in [0.29, 0.717) is 5.95 Å². The lowest BCUT2D eigenvalue weighted by Gasteiger charge is -2.25. The van der Waals surface area contributed by atoms with Crippen LogP contribution in [-0.2, 0) is 12.8 Å². The Morgan fingerprint density at radius 1 is 1.10 bits per heavy atom. The van der Waals surface area contributed by atoms with Gasteiger partial charge in [-0.15, -0.1) is 11.3 Å². The lowest BCUT2D eigenvalue weighted by molar-refractivity contribution is 0.348. The van der Waals surface area contributed by atoms with Gasteiger partial charge in [-0.05, 0) is 61.8 Å². The number of hydrogen-bond acceptors (Lipinski definition) is 5. The molecule has 1 saturated carbocycles. The van der Waals surface area contributed by atoms with E-state index < -0.39 is 0 Å². The Hall–Kier alpha value is -2.54. The molecule has 0 unspecified atom stereocenters. The van der Waals surface area contributed by atoms with E-state index in [1.807, 2.05) is 4.57 Å². The van der Waals surface area contributed by atoms with Gasteiger partial charge in [-0.2, -0.15) is 5.10 Å². The van der Waals surface area contributed by atoms with Crippen LogP contribution in [0.3, 0.4) is 0 Å². The Morgan fingerprint density at radius 3 is 2.67 bits per heavy atom. The Labute approximate surface area is 178 Å². The maximum atomic E-state index is 13.6. The molecule has 1 N–H and O–H groups in total. The van der Waals surface area contributed by atoms with Gasteiger partial charge in [0.15, 0.2) is 0 Å². The van der Waals surface area contributed by atoms with E-state index in [4.69, 9.17) is 4.98 Å². The number of benzene rings is 1. The average Bonchev–Trinajstić information content (AvgIpc) is 3.14. The Kier molecular flexibility index (Phi) is 5.37. The predicted molar refractivity (Wildman–Crippen MR) is 120 cm³/mol. The predicted octanol–water partition coefficient (Wildman–Crippen LogP) is 5.43. The van der Waals surface area contributed by atoms with Crippen molar-refractivity contribution in [3.63, 3.8) is 0 Å². The summed E-state index contributed by atoms with van der Waals surface area (Å²) in [5, 5.41) is 5.14. The van der Waals surface area contributed by atoms with Crippen LogP contribution in [-0.4, -0.2) is 15.8 Å². The third-order valence-electron chi connectivity index (χ3n) is 6.21. The zero-order chi connectivity index (χ0) is 20.5. The van der Waals surface area contributed by atoms with Gasteiger partial charge in [0, 0.05) is 10.9 Å². The molecule has 1 fully saturated rings. The molecule has 0 radical (unpaired) electrons. The number of fused-ring (bicyclic) bond motifs is 3. The second-order valence-corrected chi connectivity index (χ2v) is 9.30. The van der Waals surface area contributed by atoms with Crippen LogP contribution in [0.15, 0.2) is 34.2 Å². The van der Waals surface area contributed by atoms with Gasteiger partial charge in [-0.25, -0.2) is 14.8 Å². The summed E-state index contributed by atoms with van der Waals surface area (Å²) in [5.41, 5.74) is 5.10. The molecular formula is C23H25FN4OS. The number of aromatic nitrogens is 2. The molecule has 30 heavy (non-hydrogen) atoms. The monoisotopic (exact) mass is 424 g/mol. The number of hydrogen-bond donors (Lipinski definition) is 1. The van der Waals surface area contributed by atoms with Crippen molar-refractivity contribution in [3.8, 4) is 0 Å². The van der Waals surface area contributed by atoms with Crippen LogP contribution in [0.1, 0.15) is 67.0 Å². The van der Waals surface area contributed by atoms with Crippen molar-refractivity contribution in [2.45, 2.75) is 63.8 Å². The number of hydrazone groups is 1. The molecule has 2 aliphatic rings. The molecule has 2 aromatic heterocycles. The van der Waals surface area contributed by atoms with Gasteiger partial charge in [0.1, 0.15) is 10.6 Å².